The van der Waals surface area contributed by atoms with E-state index in [1.54, 1.807) is 11.3 Å². The molecule has 4 heteroatoms. The third-order valence-corrected chi connectivity index (χ3v) is 4.66. The zero-order valence-electron chi connectivity index (χ0n) is 9.56. The number of nitrogens with zero attached hydrogens (tertiary/aromatic N) is 1. The number of thiazole rings is 1. The lowest BCUT2D eigenvalue weighted by molar-refractivity contribution is 0.576. The van der Waals surface area contributed by atoms with Crippen LogP contribution in [-0.2, 0) is 13.0 Å². The second-order valence-corrected chi connectivity index (χ2v) is 5.87. The minimum Gasteiger partial charge on any atom is -0.303 e. The molecule has 0 amide bonds. The van der Waals surface area contributed by atoms with Crippen LogP contribution in [0.15, 0.2) is 23.7 Å². The van der Waals surface area contributed by atoms with Crippen LogP contribution in [0.25, 0.3) is 0 Å². The number of hydrogen-bond donors (Lipinski definition) is 1. The van der Waals surface area contributed by atoms with Gasteiger partial charge in [-0.1, -0.05) is 6.92 Å². The molecule has 16 heavy (non-hydrogen) atoms. The van der Waals surface area contributed by atoms with Gasteiger partial charge in [0, 0.05) is 27.9 Å². The van der Waals surface area contributed by atoms with E-state index in [1.807, 2.05) is 22.9 Å². The van der Waals surface area contributed by atoms with Gasteiger partial charge in [0.25, 0.3) is 0 Å². The molecule has 1 atom stereocenters. The minimum absolute atomic E-state index is 0.340. The van der Waals surface area contributed by atoms with Crippen molar-refractivity contribution in [2.75, 3.05) is 0 Å². The van der Waals surface area contributed by atoms with Crippen molar-refractivity contribution >= 4 is 22.7 Å². The first-order chi connectivity index (χ1) is 7.79. The average Bonchev–Trinajstić information content (AvgIpc) is 2.96. The molecule has 0 fully saturated rings. The van der Waals surface area contributed by atoms with Crippen molar-refractivity contribution in [1.82, 2.24) is 10.3 Å². The molecule has 2 heterocycles. The Kier molecular flexibility index (Phi) is 4.09. The summed E-state index contributed by atoms with van der Waals surface area (Å²) in [5.74, 6) is 0. The van der Waals surface area contributed by atoms with Crippen LogP contribution in [0.2, 0.25) is 0 Å². The summed E-state index contributed by atoms with van der Waals surface area (Å²) in [5, 5.41) is 6.68. The molecular weight excluding hydrogens is 236 g/mol. The summed E-state index contributed by atoms with van der Waals surface area (Å²) >= 11 is 3.60. The van der Waals surface area contributed by atoms with Crippen LogP contribution in [0.4, 0.5) is 0 Å². The molecule has 0 aliphatic carbocycles. The van der Waals surface area contributed by atoms with E-state index in [0.717, 1.165) is 18.0 Å². The molecule has 0 bridgehead atoms. The van der Waals surface area contributed by atoms with E-state index in [1.165, 1.54) is 9.75 Å². The first kappa shape index (κ1) is 11.8. The summed E-state index contributed by atoms with van der Waals surface area (Å²) in [4.78, 5) is 7.17. The number of rotatable bonds is 5. The quantitative estimate of drug-likeness (QED) is 0.879. The Morgan fingerprint density at radius 3 is 2.81 bits per heavy atom. The Bertz CT molecular complexity index is 420. The third kappa shape index (κ3) is 2.90. The highest BCUT2D eigenvalue weighted by molar-refractivity contribution is 7.12. The molecule has 0 aromatic carbocycles. The first-order valence-electron chi connectivity index (χ1n) is 5.50. The van der Waals surface area contributed by atoms with Crippen molar-refractivity contribution in [3.05, 3.63) is 38.5 Å². The zero-order chi connectivity index (χ0) is 11.4. The lowest BCUT2D eigenvalue weighted by atomic mass is 10.3. The van der Waals surface area contributed by atoms with Gasteiger partial charge in [0.1, 0.15) is 5.01 Å². The molecule has 0 aliphatic rings. The van der Waals surface area contributed by atoms with Crippen LogP contribution in [0.3, 0.4) is 0 Å². The van der Waals surface area contributed by atoms with E-state index in [4.69, 9.17) is 0 Å². The number of hydrogen-bond acceptors (Lipinski definition) is 4. The maximum Gasteiger partial charge on any atom is 0.109 e. The van der Waals surface area contributed by atoms with E-state index < -0.39 is 0 Å². The second-order valence-electron chi connectivity index (χ2n) is 3.69. The number of thiophene rings is 1. The Labute approximate surface area is 104 Å². The Morgan fingerprint density at radius 1 is 1.38 bits per heavy atom. The molecule has 0 saturated carbocycles. The molecule has 86 valence electrons. The fourth-order valence-corrected chi connectivity index (χ4v) is 3.08. The van der Waals surface area contributed by atoms with Crippen LogP contribution in [0.5, 0.6) is 0 Å². The Hall–Kier alpha value is -0.710. The van der Waals surface area contributed by atoms with Gasteiger partial charge in [-0.05, 0) is 25.5 Å². The van der Waals surface area contributed by atoms with E-state index in [0.29, 0.717) is 6.04 Å². The number of nitrogens with one attached hydrogen (secondary N) is 1. The summed E-state index contributed by atoms with van der Waals surface area (Å²) in [6.45, 7) is 5.29. The van der Waals surface area contributed by atoms with Gasteiger partial charge in [-0.25, -0.2) is 4.98 Å². The molecule has 1 N–H and O–H groups in total. The van der Waals surface area contributed by atoms with Crippen LogP contribution in [0.1, 0.15) is 34.7 Å². The summed E-state index contributed by atoms with van der Waals surface area (Å²) in [6.07, 6.45) is 2.99. The van der Waals surface area contributed by atoms with Gasteiger partial charge >= 0.3 is 0 Å². The summed E-state index contributed by atoms with van der Waals surface area (Å²) in [5.41, 5.74) is 0. The summed E-state index contributed by atoms with van der Waals surface area (Å²) in [6, 6.07) is 4.77. The van der Waals surface area contributed by atoms with Gasteiger partial charge in [-0.3, -0.25) is 0 Å². The molecule has 2 aromatic heterocycles. The second kappa shape index (κ2) is 5.57. The molecule has 0 saturated heterocycles. The van der Waals surface area contributed by atoms with Crippen LogP contribution in [-0.4, -0.2) is 4.98 Å². The smallest absolute Gasteiger partial charge is 0.109 e. The lowest BCUT2D eigenvalue weighted by Crippen LogP contribution is -2.17. The third-order valence-electron chi connectivity index (χ3n) is 2.47. The Morgan fingerprint density at radius 2 is 2.19 bits per heavy atom. The van der Waals surface area contributed by atoms with Crippen LogP contribution in [0, 0.1) is 0 Å². The van der Waals surface area contributed by atoms with Gasteiger partial charge in [-0.2, -0.15) is 0 Å². The fourth-order valence-electron chi connectivity index (χ4n) is 1.50. The van der Waals surface area contributed by atoms with E-state index in [2.05, 4.69) is 36.3 Å². The zero-order valence-corrected chi connectivity index (χ0v) is 11.2. The first-order valence-corrected chi connectivity index (χ1v) is 7.19. The van der Waals surface area contributed by atoms with Gasteiger partial charge in [0.2, 0.25) is 0 Å². The maximum atomic E-state index is 4.31. The average molecular weight is 252 g/mol. The summed E-state index contributed by atoms with van der Waals surface area (Å²) < 4.78 is 0. The predicted octanol–water partition coefficient (Wildman–Crippen LogP) is 3.62. The molecule has 2 rings (SSSR count). The summed E-state index contributed by atoms with van der Waals surface area (Å²) in [7, 11) is 0. The highest BCUT2D eigenvalue weighted by Crippen LogP contribution is 2.19. The van der Waals surface area contributed by atoms with Crippen molar-refractivity contribution < 1.29 is 0 Å². The van der Waals surface area contributed by atoms with Crippen molar-refractivity contribution in [3.63, 3.8) is 0 Å². The van der Waals surface area contributed by atoms with Crippen molar-refractivity contribution in [3.8, 4) is 0 Å². The van der Waals surface area contributed by atoms with E-state index in [-0.39, 0.29) is 0 Å². The normalized spacial score (nSPS) is 12.9. The molecule has 0 radical (unpaired) electrons. The molecule has 1 unspecified atom stereocenters. The predicted molar refractivity (Wildman–Crippen MR) is 71.1 cm³/mol. The SMILES string of the molecule is CCc1ccc(CNC(C)c2nccs2)s1. The topological polar surface area (TPSA) is 24.9 Å². The van der Waals surface area contributed by atoms with E-state index in [9.17, 15) is 0 Å². The van der Waals surface area contributed by atoms with Crippen molar-refractivity contribution in [1.29, 1.82) is 0 Å². The standard InChI is InChI=1S/C12H16N2S2/c1-3-10-4-5-11(16-10)8-14-9(2)12-13-6-7-15-12/h4-7,9,14H,3,8H2,1-2H3. The highest BCUT2D eigenvalue weighted by Gasteiger charge is 2.07. The van der Waals surface area contributed by atoms with Crippen molar-refractivity contribution in [2.45, 2.75) is 32.9 Å². The molecule has 2 nitrogen and oxygen atoms in total. The Balaban J connectivity index is 1.87. The molecule has 0 aliphatic heterocycles. The van der Waals surface area contributed by atoms with Gasteiger partial charge in [-0.15, -0.1) is 22.7 Å². The van der Waals surface area contributed by atoms with Gasteiger partial charge < -0.3 is 5.32 Å². The number of aromatic nitrogens is 1. The number of aryl methyl sites for hydroxylation is 1. The molecular formula is C12H16N2S2. The van der Waals surface area contributed by atoms with Gasteiger partial charge in [0.05, 0.1) is 6.04 Å². The van der Waals surface area contributed by atoms with Crippen LogP contribution < -0.4 is 5.32 Å². The van der Waals surface area contributed by atoms with E-state index >= 15 is 0 Å². The maximum absolute atomic E-state index is 4.31. The monoisotopic (exact) mass is 252 g/mol. The molecule has 0 spiro atoms. The molecule has 2 aromatic rings. The minimum atomic E-state index is 0.340. The highest BCUT2D eigenvalue weighted by atomic mass is 32.1. The van der Waals surface area contributed by atoms with Crippen molar-refractivity contribution in [2.24, 2.45) is 0 Å². The van der Waals surface area contributed by atoms with Gasteiger partial charge in [0.15, 0.2) is 0 Å². The largest absolute Gasteiger partial charge is 0.303 e. The lowest BCUT2D eigenvalue weighted by Gasteiger charge is -2.09. The van der Waals surface area contributed by atoms with Crippen LogP contribution >= 0.6 is 22.7 Å². The fraction of sp³-hybridized carbons (Fsp3) is 0.417.